The molecular weight excluding hydrogens is 280 g/mol. The Morgan fingerprint density at radius 2 is 2.18 bits per heavy atom. The SMILES string of the molecule is CCc1cc2c(Br)ccc(OC)c2nc1NC. The van der Waals surface area contributed by atoms with Gasteiger partial charge in [-0.1, -0.05) is 22.9 Å². The van der Waals surface area contributed by atoms with Crippen molar-refractivity contribution in [2.24, 2.45) is 0 Å². The number of methoxy groups -OCH3 is 1. The van der Waals surface area contributed by atoms with Gasteiger partial charge in [0.1, 0.15) is 17.1 Å². The van der Waals surface area contributed by atoms with Crippen molar-refractivity contribution in [3.05, 3.63) is 28.2 Å². The van der Waals surface area contributed by atoms with Gasteiger partial charge in [-0.25, -0.2) is 4.98 Å². The molecule has 0 fully saturated rings. The summed E-state index contributed by atoms with van der Waals surface area (Å²) < 4.78 is 6.38. The number of benzene rings is 1. The second-order valence-electron chi connectivity index (χ2n) is 3.75. The molecule has 1 heterocycles. The van der Waals surface area contributed by atoms with Crippen LogP contribution in [-0.4, -0.2) is 19.1 Å². The molecule has 1 aromatic carbocycles. The van der Waals surface area contributed by atoms with E-state index in [9.17, 15) is 0 Å². The van der Waals surface area contributed by atoms with E-state index in [4.69, 9.17) is 4.74 Å². The smallest absolute Gasteiger partial charge is 0.145 e. The zero-order valence-corrected chi connectivity index (χ0v) is 11.8. The van der Waals surface area contributed by atoms with Crippen molar-refractivity contribution in [2.45, 2.75) is 13.3 Å². The monoisotopic (exact) mass is 294 g/mol. The third-order valence-corrected chi connectivity index (χ3v) is 3.50. The van der Waals surface area contributed by atoms with Crippen LogP contribution in [0.15, 0.2) is 22.7 Å². The molecule has 0 unspecified atom stereocenters. The first-order valence-corrected chi connectivity index (χ1v) is 6.34. The van der Waals surface area contributed by atoms with E-state index in [0.29, 0.717) is 0 Å². The zero-order chi connectivity index (χ0) is 12.4. The largest absolute Gasteiger partial charge is 0.494 e. The molecule has 0 saturated carbocycles. The fourth-order valence-corrected chi connectivity index (χ4v) is 2.33. The molecule has 17 heavy (non-hydrogen) atoms. The Kier molecular flexibility index (Phi) is 3.52. The molecule has 0 aliphatic rings. The lowest BCUT2D eigenvalue weighted by Crippen LogP contribution is -1.99. The topological polar surface area (TPSA) is 34.1 Å². The summed E-state index contributed by atoms with van der Waals surface area (Å²) in [4.78, 5) is 4.63. The third-order valence-electron chi connectivity index (χ3n) is 2.81. The Hall–Kier alpha value is -1.29. The highest BCUT2D eigenvalue weighted by molar-refractivity contribution is 9.10. The number of nitrogens with zero attached hydrogens (tertiary/aromatic N) is 1. The first kappa shape index (κ1) is 12.2. The maximum absolute atomic E-state index is 5.34. The third kappa shape index (κ3) is 2.09. The number of rotatable bonds is 3. The van der Waals surface area contributed by atoms with Crippen LogP contribution < -0.4 is 10.1 Å². The molecule has 0 atom stereocenters. The molecular formula is C13H15BrN2O. The average Bonchev–Trinajstić information content (AvgIpc) is 2.38. The van der Waals surface area contributed by atoms with E-state index in [-0.39, 0.29) is 0 Å². The van der Waals surface area contributed by atoms with E-state index in [1.165, 1.54) is 5.56 Å². The number of aromatic nitrogens is 1. The Bertz CT molecular complexity index is 555. The summed E-state index contributed by atoms with van der Waals surface area (Å²) in [6, 6.07) is 6.06. The molecule has 4 heteroatoms. The Balaban J connectivity index is 2.80. The minimum atomic E-state index is 0.794. The van der Waals surface area contributed by atoms with E-state index in [1.54, 1.807) is 7.11 Å². The maximum atomic E-state index is 5.34. The molecule has 0 aliphatic carbocycles. The molecule has 0 bridgehead atoms. The first-order chi connectivity index (χ1) is 8.21. The maximum Gasteiger partial charge on any atom is 0.145 e. The lowest BCUT2D eigenvalue weighted by molar-refractivity contribution is 0.419. The van der Waals surface area contributed by atoms with Gasteiger partial charge in [0.2, 0.25) is 0 Å². The van der Waals surface area contributed by atoms with Gasteiger partial charge >= 0.3 is 0 Å². The normalized spacial score (nSPS) is 10.6. The molecule has 0 radical (unpaired) electrons. The fraction of sp³-hybridized carbons (Fsp3) is 0.308. The molecule has 3 nitrogen and oxygen atoms in total. The van der Waals surface area contributed by atoms with Crippen molar-refractivity contribution in [1.82, 2.24) is 4.98 Å². The fourth-order valence-electron chi connectivity index (χ4n) is 1.89. The summed E-state index contributed by atoms with van der Waals surface area (Å²) in [6.07, 6.45) is 0.947. The van der Waals surface area contributed by atoms with Gasteiger partial charge in [-0.2, -0.15) is 0 Å². The van der Waals surface area contributed by atoms with Crippen molar-refractivity contribution in [1.29, 1.82) is 0 Å². The summed E-state index contributed by atoms with van der Waals surface area (Å²) in [6.45, 7) is 2.12. The summed E-state index contributed by atoms with van der Waals surface area (Å²) in [7, 11) is 3.55. The summed E-state index contributed by atoms with van der Waals surface area (Å²) in [5.41, 5.74) is 2.08. The highest BCUT2D eigenvalue weighted by Crippen LogP contribution is 2.33. The van der Waals surface area contributed by atoms with Crippen LogP contribution in [0.5, 0.6) is 5.75 Å². The van der Waals surface area contributed by atoms with Crippen LogP contribution in [-0.2, 0) is 6.42 Å². The van der Waals surface area contributed by atoms with Crippen molar-refractivity contribution < 1.29 is 4.74 Å². The summed E-state index contributed by atoms with van der Waals surface area (Å²) >= 11 is 3.55. The van der Waals surface area contributed by atoms with Gasteiger partial charge < -0.3 is 10.1 Å². The molecule has 0 aliphatic heterocycles. The molecule has 1 aromatic heterocycles. The average molecular weight is 295 g/mol. The van der Waals surface area contributed by atoms with E-state index in [1.807, 2.05) is 19.2 Å². The molecule has 2 rings (SSSR count). The van der Waals surface area contributed by atoms with Gasteiger partial charge in [0.05, 0.1) is 7.11 Å². The summed E-state index contributed by atoms with van der Waals surface area (Å²) in [5, 5.41) is 4.21. The highest BCUT2D eigenvalue weighted by Gasteiger charge is 2.10. The first-order valence-electron chi connectivity index (χ1n) is 5.55. The van der Waals surface area contributed by atoms with Crippen LogP contribution in [0.2, 0.25) is 0 Å². The van der Waals surface area contributed by atoms with E-state index >= 15 is 0 Å². The number of anilines is 1. The Morgan fingerprint density at radius 3 is 2.76 bits per heavy atom. The number of halogens is 1. The lowest BCUT2D eigenvalue weighted by Gasteiger charge is -2.11. The number of hydrogen-bond donors (Lipinski definition) is 1. The number of aryl methyl sites for hydroxylation is 1. The van der Waals surface area contributed by atoms with E-state index < -0.39 is 0 Å². The standard InChI is InChI=1S/C13H15BrN2O/c1-4-8-7-9-10(14)5-6-11(17-3)12(9)16-13(8)15-2/h5-7H,4H2,1-3H3,(H,15,16). The Morgan fingerprint density at radius 1 is 1.41 bits per heavy atom. The number of hydrogen-bond acceptors (Lipinski definition) is 3. The van der Waals surface area contributed by atoms with Crippen molar-refractivity contribution in [2.75, 3.05) is 19.5 Å². The van der Waals surface area contributed by atoms with Crippen LogP contribution in [0.1, 0.15) is 12.5 Å². The minimum absolute atomic E-state index is 0.794. The molecule has 90 valence electrons. The van der Waals surface area contributed by atoms with E-state index in [0.717, 1.165) is 33.4 Å². The van der Waals surface area contributed by atoms with Crippen LogP contribution in [0.25, 0.3) is 10.9 Å². The van der Waals surface area contributed by atoms with Crippen LogP contribution >= 0.6 is 15.9 Å². The lowest BCUT2D eigenvalue weighted by atomic mass is 10.1. The number of fused-ring (bicyclic) bond motifs is 1. The summed E-state index contributed by atoms with van der Waals surface area (Å²) in [5.74, 6) is 1.71. The van der Waals surface area contributed by atoms with Gasteiger partial charge in [0, 0.05) is 16.9 Å². The molecule has 0 saturated heterocycles. The van der Waals surface area contributed by atoms with Crippen molar-refractivity contribution >= 4 is 32.7 Å². The number of pyridine rings is 1. The number of ether oxygens (including phenoxy) is 1. The van der Waals surface area contributed by atoms with Crippen molar-refractivity contribution in [3.8, 4) is 5.75 Å². The predicted octanol–water partition coefficient (Wildman–Crippen LogP) is 3.61. The minimum Gasteiger partial charge on any atom is -0.494 e. The number of nitrogens with one attached hydrogen (secondary N) is 1. The second-order valence-corrected chi connectivity index (χ2v) is 4.60. The molecule has 0 amide bonds. The van der Waals surface area contributed by atoms with Crippen LogP contribution in [0.4, 0.5) is 5.82 Å². The second kappa shape index (κ2) is 4.92. The van der Waals surface area contributed by atoms with Crippen molar-refractivity contribution in [3.63, 3.8) is 0 Å². The molecule has 0 spiro atoms. The van der Waals surface area contributed by atoms with Gasteiger partial charge in [0.25, 0.3) is 0 Å². The molecule has 1 N–H and O–H groups in total. The van der Waals surface area contributed by atoms with Gasteiger partial charge in [-0.3, -0.25) is 0 Å². The highest BCUT2D eigenvalue weighted by atomic mass is 79.9. The molecule has 2 aromatic rings. The predicted molar refractivity (Wildman–Crippen MR) is 74.9 cm³/mol. The Labute approximate surface area is 109 Å². The van der Waals surface area contributed by atoms with Gasteiger partial charge in [0.15, 0.2) is 0 Å². The van der Waals surface area contributed by atoms with E-state index in [2.05, 4.69) is 39.2 Å². The van der Waals surface area contributed by atoms with Gasteiger partial charge in [-0.05, 0) is 30.2 Å². The van der Waals surface area contributed by atoms with Crippen LogP contribution in [0, 0.1) is 0 Å². The van der Waals surface area contributed by atoms with Gasteiger partial charge in [-0.15, -0.1) is 0 Å². The quantitative estimate of drug-likeness (QED) is 0.939. The van der Waals surface area contributed by atoms with Crippen LogP contribution in [0.3, 0.4) is 0 Å². The zero-order valence-electron chi connectivity index (χ0n) is 10.2.